The molecule has 0 aliphatic heterocycles. The summed E-state index contributed by atoms with van der Waals surface area (Å²) >= 11 is 0. The summed E-state index contributed by atoms with van der Waals surface area (Å²) in [6.45, 7) is 4.37. The Morgan fingerprint density at radius 2 is 1.41 bits per heavy atom. The van der Waals surface area contributed by atoms with Crippen LogP contribution in [0.1, 0.15) is 76.7 Å². The Labute approximate surface area is 246 Å². The van der Waals surface area contributed by atoms with E-state index in [0.29, 0.717) is 11.8 Å². The van der Waals surface area contributed by atoms with E-state index in [4.69, 9.17) is 4.98 Å². The molecule has 2 aliphatic carbocycles. The van der Waals surface area contributed by atoms with Crippen molar-refractivity contribution >= 4 is 10.9 Å². The number of aromatic nitrogens is 2. The second kappa shape index (κ2) is 13.9. The molecule has 209 valence electrons. The minimum Gasteiger partial charge on any atom is -0.393 e. The predicted molar refractivity (Wildman–Crippen MR) is 155 cm³/mol. The molecule has 0 saturated heterocycles. The van der Waals surface area contributed by atoms with E-state index in [1.165, 1.54) is 31.2 Å². The van der Waals surface area contributed by atoms with Crippen LogP contribution in [0.5, 0.6) is 0 Å². The molecule has 2 aromatic heterocycles. The van der Waals surface area contributed by atoms with E-state index >= 15 is 0 Å². The third-order valence-corrected chi connectivity index (χ3v) is 8.41. The molecule has 0 bridgehead atoms. The first-order valence-electron chi connectivity index (χ1n) is 14.4. The van der Waals surface area contributed by atoms with E-state index in [9.17, 15) is 10.2 Å². The zero-order valence-electron chi connectivity index (χ0n) is 23.1. The van der Waals surface area contributed by atoms with Crippen molar-refractivity contribution in [1.29, 1.82) is 0 Å². The summed E-state index contributed by atoms with van der Waals surface area (Å²) in [6, 6.07) is 26.5. The minimum absolute atomic E-state index is 0. The normalized spacial score (nSPS) is 23.1. The van der Waals surface area contributed by atoms with Crippen LogP contribution >= 0.6 is 0 Å². The summed E-state index contributed by atoms with van der Waals surface area (Å²) in [7, 11) is 0. The first-order valence-corrected chi connectivity index (χ1v) is 14.4. The molecule has 2 N–H and O–H groups in total. The number of hydrogen-bond donors (Lipinski definition) is 2. The molecular formula is C34H41IrN2O2-. The zero-order valence-corrected chi connectivity index (χ0v) is 25.5. The number of aliphatic hydroxyl groups is 2. The molecule has 5 heteroatoms. The van der Waals surface area contributed by atoms with Crippen molar-refractivity contribution in [2.24, 2.45) is 11.8 Å². The fourth-order valence-electron chi connectivity index (χ4n) is 6.31. The van der Waals surface area contributed by atoms with Gasteiger partial charge in [0.1, 0.15) is 0 Å². The molecule has 39 heavy (non-hydrogen) atoms. The first-order chi connectivity index (χ1) is 18.5. The standard InChI is InChI=1S/C22H19N2.C12H22O2.Ir/c1-16(2)18-12-13-20(23-15-18)22-14-17-8-6-7-11-21(17)24(22)19-9-4-3-5-10-19;13-10-7-3-1-5-9-6-2-4-8-11(14)12(9)10;/h3-13,15-16H,1-2H3;9-14H,1-8H2;/q-1;;. The molecule has 4 nitrogen and oxygen atoms in total. The van der Waals surface area contributed by atoms with Gasteiger partial charge in [-0.25, -0.2) is 0 Å². The zero-order chi connectivity index (χ0) is 26.5. The summed E-state index contributed by atoms with van der Waals surface area (Å²) < 4.78 is 2.23. The number of fused-ring (bicyclic) bond motifs is 2. The van der Waals surface area contributed by atoms with Crippen LogP contribution < -0.4 is 0 Å². The average molecular weight is 702 g/mol. The van der Waals surface area contributed by atoms with Crippen LogP contribution in [0.4, 0.5) is 0 Å². The molecular weight excluding hydrogens is 661 g/mol. The maximum atomic E-state index is 10.0. The number of rotatable bonds is 3. The molecule has 2 saturated carbocycles. The van der Waals surface area contributed by atoms with Gasteiger partial charge in [-0.15, -0.1) is 23.6 Å². The van der Waals surface area contributed by atoms with E-state index in [0.717, 1.165) is 53.7 Å². The Bertz CT molecular complexity index is 1280. The molecule has 4 aromatic rings. The van der Waals surface area contributed by atoms with Gasteiger partial charge in [0.05, 0.1) is 12.2 Å². The largest absolute Gasteiger partial charge is 0.393 e. The second-order valence-electron chi connectivity index (χ2n) is 11.3. The number of aliphatic hydroxyl groups excluding tert-OH is 2. The van der Waals surface area contributed by atoms with Crippen LogP contribution in [0.2, 0.25) is 0 Å². The van der Waals surface area contributed by atoms with Crippen LogP contribution in [0.25, 0.3) is 28.0 Å². The fourth-order valence-corrected chi connectivity index (χ4v) is 6.31. The Kier molecular flexibility index (Phi) is 10.5. The van der Waals surface area contributed by atoms with Crippen LogP contribution in [-0.2, 0) is 20.1 Å². The maximum absolute atomic E-state index is 10.0. The van der Waals surface area contributed by atoms with Crippen LogP contribution in [-0.4, -0.2) is 32.0 Å². The van der Waals surface area contributed by atoms with Crippen molar-refractivity contribution in [3.8, 4) is 17.1 Å². The molecule has 2 fully saturated rings. The van der Waals surface area contributed by atoms with Crippen molar-refractivity contribution in [2.75, 3.05) is 0 Å². The Morgan fingerprint density at radius 3 is 2.03 bits per heavy atom. The van der Waals surface area contributed by atoms with Gasteiger partial charge < -0.3 is 19.8 Å². The second-order valence-corrected chi connectivity index (χ2v) is 11.3. The predicted octanol–water partition coefficient (Wildman–Crippen LogP) is 7.70. The molecule has 0 spiro atoms. The molecule has 1 radical (unpaired) electrons. The summed E-state index contributed by atoms with van der Waals surface area (Å²) in [4.78, 5) is 4.70. The third-order valence-electron chi connectivity index (χ3n) is 8.41. The number of hydrogen-bond acceptors (Lipinski definition) is 3. The van der Waals surface area contributed by atoms with Crippen LogP contribution in [0.3, 0.4) is 0 Å². The monoisotopic (exact) mass is 702 g/mol. The first kappa shape index (κ1) is 29.7. The van der Waals surface area contributed by atoms with E-state index in [2.05, 4.69) is 79.1 Å². The number of para-hydroxylation sites is 2. The van der Waals surface area contributed by atoms with E-state index in [1.54, 1.807) is 0 Å². The van der Waals surface area contributed by atoms with Gasteiger partial charge in [0, 0.05) is 43.6 Å². The van der Waals surface area contributed by atoms with Crippen LogP contribution in [0, 0.1) is 17.9 Å². The van der Waals surface area contributed by atoms with Crippen molar-refractivity contribution in [3.63, 3.8) is 0 Å². The number of pyridine rings is 1. The summed E-state index contributed by atoms with van der Waals surface area (Å²) in [5.41, 5.74) is 5.46. The Hall–Kier alpha value is -2.30. The Balaban J connectivity index is 0.000000202. The van der Waals surface area contributed by atoms with E-state index < -0.39 is 0 Å². The SMILES string of the molecule is CC(C)c1ccc(-c2[c-]c3ccccc3n2-c2ccccc2)nc1.OC1CCCCC2CCCCC(O)C12.[Ir]. The van der Waals surface area contributed by atoms with Gasteiger partial charge in [0.15, 0.2) is 0 Å². The molecule has 2 aliphatic rings. The van der Waals surface area contributed by atoms with Crippen LogP contribution in [0.15, 0.2) is 72.9 Å². The topological polar surface area (TPSA) is 58.3 Å². The van der Waals surface area contributed by atoms with Crippen molar-refractivity contribution in [3.05, 3.63) is 84.6 Å². The minimum atomic E-state index is -0.240. The van der Waals surface area contributed by atoms with Crippen molar-refractivity contribution < 1.29 is 30.3 Å². The third kappa shape index (κ3) is 6.89. The Morgan fingerprint density at radius 1 is 0.795 bits per heavy atom. The summed E-state index contributed by atoms with van der Waals surface area (Å²) in [5.74, 6) is 1.25. The maximum Gasteiger partial charge on any atom is 0.0595 e. The molecule has 2 atom stereocenters. The quantitative estimate of drug-likeness (QED) is 0.216. The van der Waals surface area contributed by atoms with Gasteiger partial charge in [-0.1, -0.05) is 82.0 Å². The molecule has 0 amide bonds. The molecule has 6 rings (SSSR count). The van der Waals surface area contributed by atoms with Gasteiger partial charge >= 0.3 is 0 Å². The number of nitrogens with zero attached hydrogens (tertiary/aromatic N) is 2. The van der Waals surface area contributed by atoms with E-state index in [1.807, 2.05) is 18.3 Å². The van der Waals surface area contributed by atoms with Gasteiger partial charge in [-0.2, -0.15) is 0 Å². The average Bonchev–Trinajstić information content (AvgIpc) is 3.09. The van der Waals surface area contributed by atoms with Crippen molar-refractivity contribution in [2.45, 2.75) is 83.3 Å². The summed E-state index contributed by atoms with van der Waals surface area (Å²) in [5, 5.41) is 21.1. The van der Waals surface area contributed by atoms with Gasteiger partial charge in [0.25, 0.3) is 0 Å². The smallest absolute Gasteiger partial charge is 0.0595 e. The van der Waals surface area contributed by atoms with Gasteiger partial charge in [0.2, 0.25) is 0 Å². The molecule has 2 aromatic carbocycles. The summed E-state index contributed by atoms with van der Waals surface area (Å²) in [6.07, 6.45) is 10.5. The van der Waals surface area contributed by atoms with Crippen molar-refractivity contribution in [1.82, 2.24) is 9.55 Å². The van der Waals surface area contributed by atoms with E-state index in [-0.39, 0.29) is 38.2 Å². The van der Waals surface area contributed by atoms with Gasteiger partial charge in [-0.05, 0) is 66.4 Å². The molecule has 2 heterocycles. The number of benzene rings is 2. The fraction of sp³-hybridized carbons (Fsp3) is 0.441. The van der Waals surface area contributed by atoms with Gasteiger partial charge in [-0.3, -0.25) is 0 Å². The molecule has 2 unspecified atom stereocenters.